The van der Waals surface area contributed by atoms with Crippen LogP contribution in [0.1, 0.15) is 90.2 Å². The van der Waals surface area contributed by atoms with E-state index in [0.717, 1.165) is 68.8 Å². The molecule has 0 unspecified atom stereocenters. The first-order valence-electron chi connectivity index (χ1n) is 15.9. The number of phenolic OH excluding ortho intramolecular Hbond substituents is 1. The van der Waals surface area contributed by atoms with Gasteiger partial charge in [0.15, 0.2) is 5.01 Å². The number of aliphatic hydroxyl groups is 1. The lowest BCUT2D eigenvalue weighted by Gasteiger charge is -2.47. The summed E-state index contributed by atoms with van der Waals surface area (Å²) in [6, 6.07) is 12.0. The van der Waals surface area contributed by atoms with Gasteiger partial charge in [0.2, 0.25) is 0 Å². The standard InChI is InChI=1S/C34H42N4O5S2/c1-22(2)26-20-44-31(35-26)32(41)38-16-17-43-34(21-38)12-14-37(15-13-34)19-24-8-5-7-23(18-24)6-3-4-9-27(39)25-10-11-28(40)29-30(25)45-33(42)36-29/h5,7-8,10-11,18,20,22,27,39-40H,3-4,6,9,12-17,19,21H2,1-2H3,(H,36,42)/t27-/m0/s1. The molecule has 45 heavy (non-hydrogen) atoms. The molecule has 2 saturated heterocycles. The van der Waals surface area contributed by atoms with Gasteiger partial charge >= 0.3 is 4.87 Å². The maximum absolute atomic E-state index is 13.2. The van der Waals surface area contributed by atoms with E-state index in [1.807, 2.05) is 10.3 Å². The molecule has 0 bridgehead atoms. The van der Waals surface area contributed by atoms with Crippen LogP contribution >= 0.6 is 22.7 Å². The van der Waals surface area contributed by atoms with Gasteiger partial charge < -0.3 is 24.8 Å². The number of H-pyrrole nitrogens is 1. The second-order valence-electron chi connectivity index (χ2n) is 12.7. The number of aliphatic hydroxyl groups excluding tert-OH is 1. The lowest BCUT2D eigenvalue weighted by Crippen LogP contribution is -2.57. The molecule has 0 saturated carbocycles. The van der Waals surface area contributed by atoms with Crippen LogP contribution in [-0.4, -0.2) is 74.3 Å². The van der Waals surface area contributed by atoms with E-state index in [2.05, 4.69) is 53.0 Å². The number of morpholine rings is 1. The number of aryl methyl sites for hydroxylation is 1. The van der Waals surface area contributed by atoms with Crippen LogP contribution in [0.3, 0.4) is 0 Å². The number of hydrogen-bond donors (Lipinski definition) is 3. The molecule has 0 radical (unpaired) electrons. The number of rotatable bonds is 10. The SMILES string of the molecule is CC(C)c1csc(C(=O)N2CCOC3(CCN(Cc4cccc(CCCC[C@H](O)c5ccc(O)c6[nH]c(=O)sc56)c4)CC3)C2)n1. The Morgan fingerprint density at radius 1 is 1.13 bits per heavy atom. The molecular weight excluding hydrogens is 609 g/mol. The number of nitrogens with zero attached hydrogens (tertiary/aromatic N) is 3. The third-order valence-corrected chi connectivity index (χ3v) is 10.9. The number of hydrogen-bond acceptors (Lipinski definition) is 9. The lowest BCUT2D eigenvalue weighted by molar-refractivity contribution is -0.127. The summed E-state index contributed by atoms with van der Waals surface area (Å²) < 4.78 is 6.96. The Morgan fingerprint density at radius 2 is 1.93 bits per heavy atom. The Hall–Kier alpha value is -3.09. The molecule has 1 spiro atoms. The van der Waals surface area contributed by atoms with Crippen molar-refractivity contribution in [1.82, 2.24) is 19.8 Å². The minimum atomic E-state index is -0.684. The summed E-state index contributed by atoms with van der Waals surface area (Å²) in [6.07, 6.45) is 4.45. The van der Waals surface area contributed by atoms with Gasteiger partial charge in [-0.05, 0) is 55.2 Å². The molecule has 1 amide bonds. The molecule has 2 fully saturated rings. The number of nitrogens with one attached hydrogen (secondary N) is 1. The molecule has 1 atom stereocenters. The van der Waals surface area contributed by atoms with Crippen LogP contribution in [0.5, 0.6) is 5.75 Å². The highest BCUT2D eigenvalue weighted by Crippen LogP contribution is 2.34. The van der Waals surface area contributed by atoms with E-state index < -0.39 is 6.10 Å². The Morgan fingerprint density at radius 3 is 2.71 bits per heavy atom. The number of aromatic hydroxyl groups is 1. The number of thiazole rings is 2. The smallest absolute Gasteiger partial charge is 0.305 e. The highest BCUT2D eigenvalue weighted by atomic mass is 32.1. The molecular formula is C34H42N4O5S2. The van der Waals surface area contributed by atoms with E-state index >= 15 is 0 Å². The van der Waals surface area contributed by atoms with Crippen molar-refractivity contribution in [2.75, 3.05) is 32.8 Å². The van der Waals surface area contributed by atoms with E-state index in [-0.39, 0.29) is 22.1 Å². The quantitative estimate of drug-likeness (QED) is 0.185. The summed E-state index contributed by atoms with van der Waals surface area (Å²) in [5.41, 5.74) is 4.38. The number of fused-ring (bicyclic) bond motifs is 1. The topological polar surface area (TPSA) is 119 Å². The van der Waals surface area contributed by atoms with Gasteiger partial charge in [0, 0.05) is 37.1 Å². The maximum atomic E-state index is 13.2. The molecule has 2 aliphatic rings. The fraction of sp³-hybridized carbons (Fsp3) is 0.500. The normalized spacial score (nSPS) is 17.8. The second kappa shape index (κ2) is 13.7. The van der Waals surface area contributed by atoms with Crippen molar-refractivity contribution >= 4 is 38.8 Å². The fourth-order valence-electron chi connectivity index (χ4n) is 6.49. The number of ether oxygens (including phenoxy) is 1. The van der Waals surface area contributed by atoms with Gasteiger partial charge in [-0.2, -0.15) is 0 Å². The molecule has 4 aromatic rings. The van der Waals surface area contributed by atoms with Crippen molar-refractivity contribution in [3.8, 4) is 5.75 Å². The van der Waals surface area contributed by atoms with Crippen molar-refractivity contribution in [3.63, 3.8) is 0 Å². The number of phenols is 1. The van der Waals surface area contributed by atoms with Gasteiger partial charge in [-0.15, -0.1) is 11.3 Å². The minimum Gasteiger partial charge on any atom is -0.506 e. The zero-order valence-corrected chi connectivity index (χ0v) is 27.6. The van der Waals surface area contributed by atoms with Crippen LogP contribution in [0.25, 0.3) is 10.2 Å². The predicted molar refractivity (Wildman–Crippen MR) is 178 cm³/mol. The number of likely N-dealkylation sites (tertiary alicyclic amines) is 1. The number of unbranched alkanes of at least 4 members (excludes halogenated alkanes) is 1. The highest BCUT2D eigenvalue weighted by Gasteiger charge is 2.41. The van der Waals surface area contributed by atoms with Gasteiger partial charge in [0.25, 0.3) is 5.91 Å². The maximum Gasteiger partial charge on any atom is 0.305 e. The van der Waals surface area contributed by atoms with Crippen LogP contribution in [0.4, 0.5) is 0 Å². The van der Waals surface area contributed by atoms with Crippen LogP contribution in [0.2, 0.25) is 0 Å². The van der Waals surface area contributed by atoms with E-state index in [9.17, 15) is 19.8 Å². The Balaban J connectivity index is 0.967. The first-order valence-corrected chi connectivity index (χ1v) is 17.6. The van der Waals surface area contributed by atoms with E-state index in [1.54, 1.807) is 6.07 Å². The zero-order chi connectivity index (χ0) is 31.6. The summed E-state index contributed by atoms with van der Waals surface area (Å²) in [4.78, 5) is 36.5. The predicted octanol–water partition coefficient (Wildman–Crippen LogP) is 5.83. The molecule has 3 N–H and O–H groups in total. The monoisotopic (exact) mass is 650 g/mol. The molecule has 2 aromatic carbocycles. The highest BCUT2D eigenvalue weighted by molar-refractivity contribution is 7.16. The van der Waals surface area contributed by atoms with Crippen molar-refractivity contribution in [3.05, 3.63) is 78.8 Å². The number of carbonyl (C=O) groups is 1. The molecule has 6 rings (SSSR count). The van der Waals surface area contributed by atoms with Gasteiger partial charge in [0.1, 0.15) is 11.3 Å². The van der Waals surface area contributed by atoms with Crippen LogP contribution < -0.4 is 4.87 Å². The summed E-state index contributed by atoms with van der Waals surface area (Å²) in [5.74, 6) is 0.365. The number of piperidine rings is 1. The summed E-state index contributed by atoms with van der Waals surface area (Å²) >= 11 is 2.47. The third kappa shape index (κ3) is 7.33. The molecule has 0 aliphatic carbocycles. The van der Waals surface area contributed by atoms with Crippen LogP contribution in [0.15, 0.2) is 46.6 Å². The zero-order valence-electron chi connectivity index (χ0n) is 26.0. The first-order chi connectivity index (χ1) is 21.7. The average Bonchev–Trinajstić information content (AvgIpc) is 3.69. The number of aromatic nitrogens is 2. The number of aromatic amines is 1. The Labute approximate surface area is 271 Å². The summed E-state index contributed by atoms with van der Waals surface area (Å²) in [5, 5.41) is 23.4. The number of amides is 1. The molecule has 9 nitrogen and oxygen atoms in total. The molecule has 240 valence electrons. The summed E-state index contributed by atoms with van der Waals surface area (Å²) in [6.45, 7) is 8.75. The molecule has 2 aliphatic heterocycles. The molecule has 2 aromatic heterocycles. The largest absolute Gasteiger partial charge is 0.506 e. The third-order valence-electron chi connectivity index (χ3n) is 9.14. The molecule has 11 heteroatoms. The fourth-order valence-corrected chi connectivity index (χ4v) is 8.35. The number of benzene rings is 2. The van der Waals surface area contributed by atoms with E-state index in [1.165, 1.54) is 28.5 Å². The van der Waals surface area contributed by atoms with Crippen molar-refractivity contribution in [1.29, 1.82) is 0 Å². The van der Waals surface area contributed by atoms with Crippen molar-refractivity contribution in [2.24, 2.45) is 0 Å². The Bertz CT molecular complexity index is 1690. The second-order valence-corrected chi connectivity index (χ2v) is 14.6. The van der Waals surface area contributed by atoms with Gasteiger partial charge in [-0.1, -0.05) is 61.9 Å². The van der Waals surface area contributed by atoms with Crippen molar-refractivity contribution in [2.45, 2.75) is 76.5 Å². The van der Waals surface area contributed by atoms with E-state index in [4.69, 9.17) is 4.74 Å². The number of carbonyl (C=O) groups excluding carboxylic acids is 1. The van der Waals surface area contributed by atoms with Gasteiger partial charge in [-0.25, -0.2) is 4.98 Å². The minimum absolute atomic E-state index is 0.0245. The molecule has 4 heterocycles. The van der Waals surface area contributed by atoms with Gasteiger partial charge in [0.05, 0.1) is 35.3 Å². The lowest BCUT2D eigenvalue weighted by atomic mass is 9.89. The summed E-state index contributed by atoms with van der Waals surface area (Å²) in [7, 11) is 0. The average molecular weight is 651 g/mol. The van der Waals surface area contributed by atoms with Crippen LogP contribution in [0, 0.1) is 0 Å². The van der Waals surface area contributed by atoms with E-state index in [0.29, 0.717) is 52.8 Å². The van der Waals surface area contributed by atoms with Crippen LogP contribution in [-0.2, 0) is 17.7 Å². The van der Waals surface area contributed by atoms with Crippen molar-refractivity contribution < 1.29 is 19.7 Å². The van der Waals surface area contributed by atoms with Gasteiger partial charge in [-0.3, -0.25) is 14.5 Å². The first kappa shape index (κ1) is 31.9. The Kier molecular flexibility index (Phi) is 9.72.